The first kappa shape index (κ1) is 20.8. The third kappa shape index (κ3) is 5.13. The summed E-state index contributed by atoms with van der Waals surface area (Å²) in [6, 6.07) is 11.8. The van der Waals surface area contributed by atoms with Gasteiger partial charge < -0.3 is 20.1 Å². The summed E-state index contributed by atoms with van der Waals surface area (Å²) in [6.45, 7) is 9.30. The van der Waals surface area contributed by atoms with Crippen LogP contribution in [0.1, 0.15) is 26.7 Å². The largest absolute Gasteiger partial charge is 0.494 e. The molecule has 0 saturated carbocycles. The molecule has 2 N–H and O–H groups in total. The topological polar surface area (TPSA) is 59.6 Å². The van der Waals surface area contributed by atoms with Gasteiger partial charge in [0.05, 0.1) is 33.8 Å². The molecule has 152 valence electrons. The second-order valence-corrected chi connectivity index (χ2v) is 8.11. The zero-order valence-corrected chi connectivity index (χ0v) is 17.6. The average Bonchev–Trinajstić information content (AvgIpc) is 2.99. The first-order valence-electron chi connectivity index (χ1n) is 10.1. The molecule has 0 spiro atoms. The maximum absolute atomic E-state index is 13.0. The number of rotatable bonds is 12. The quantitative estimate of drug-likeness (QED) is 0.454. The number of hydrogen-bond donors (Lipinski definition) is 2. The molecule has 0 aliphatic carbocycles. The van der Waals surface area contributed by atoms with Crippen LogP contribution < -0.4 is 20.1 Å². The van der Waals surface area contributed by atoms with Crippen molar-refractivity contribution < 1.29 is 13.7 Å². The van der Waals surface area contributed by atoms with Crippen molar-refractivity contribution >= 4 is 10.8 Å². The minimum absolute atomic E-state index is 0.649. The lowest BCUT2D eigenvalue weighted by molar-refractivity contribution is 0.308. The number of fused-ring (bicyclic) bond motifs is 3. The molecule has 0 saturated heterocycles. The van der Waals surface area contributed by atoms with Crippen LogP contribution in [-0.4, -0.2) is 43.6 Å². The summed E-state index contributed by atoms with van der Waals surface area (Å²) in [6.07, 6.45) is 1.89. The molecule has 0 aromatic heterocycles. The normalized spacial score (nSPS) is 12.6. The second-order valence-electron chi connectivity index (χ2n) is 6.70. The van der Waals surface area contributed by atoms with E-state index in [1.54, 1.807) is 0 Å². The van der Waals surface area contributed by atoms with Gasteiger partial charge in [-0.3, -0.25) is 0 Å². The molecule has 1 aliphatic rings. The highest BCUT2D eigenvalue weighted by Crippen LogP contribution is 2.43. The summed E-state index contributed by atoms with van der Waals surface area (Å²) in [5.74, 6) is 1.55. The highest BCUT2D eigenvalue weighted by Gasteiger charge is 2.26. The molecule has 0 amide bonds. The van der Waals surface area contributed by atoms with Crippen molar-refractivity contribution in [1.29, 1.82) is 0 Å². The van der Waals surface area contributed by atoms with Gasteiger partial charge in [0.25, 0.3) is 0 Å². The van der Waals surface area contributed by atoms with Crippen molar-refractivity contribution in [2.75, 3.05) is 39.4 Å². The lowest BCUT2D eigenvalue weighted by Gasteiger charge is -2.08. The molecular formula is C22H30N2O3S. The Morgan fingerprint density at radius 2 is 1.25 bits per heavy atom. The van der Waals surface area contributed by atoms with Gasteiger partial charge in [-0.25, -0.2) is 4.21 Å². The highest BCUT2D eigenvalue weighted by molar-refractivity contribution is 7.85. The lowest BCUT2D eigenvalue weighted by Crippen LogP contribution is -2.16. The first-order chi connectivity index (χ1) is 13.7. The molecule has 1 aliphatic heterocycles. The van der Waals surface area contributed by atoms with Crippen LogP contribution >= 0.6 is 0 Å². The molecule has 0 fully saturated rings. The van der Waals surface area contributed by atoms with Crippen LogP contribution in [0, 0.1) is 0 Å². The molecule has 6 heteroatoms. The lowest BCUT2D eigenvalue weighted by atomic mass is 10.1. The van der Waals surface area contributed by atoms with Gasteiger partial charge in [0.2, 0.25) is 0 Å². The van der Waals surface area contributed by atoms with E-state index in [0.717, 1.165) is 71.4 Å². The number of benzene rings is 2. The standard InChI is InChI=1S/C22H30N2O3S/c1-3-23-11-5-13-26-17-7-9-19-20-10-8-18(27-14-6-12-24-4-2)16-22(20)28(25)21(19)15-17/h7-10,15-16,23-24H,3-6,11-14H2,1-2H3. The van der Waals surface area contributed by atoms with E-state index in [1.807, 2.05) is 36.4 Å². The predicted octanol–water partition coefficient (Wildman–Crippen LogP) is 3.59. The van der Waals surface area contributed by atoms with Crippen molar-refractivity contribution in [2.45, 2.75) is 36.5 Å². The molecule has 3 rings (SSSR count). The Bertz CT molecular complexity index is 745. The Morgan fingerprint density at radius 3 is 1.68 bits per heavy atom. The third-order valence-corrected chi connectivity index (χ3v) is 6.10. The Hall–Kier alpha value is -1.89. The van der Waals surface area contributed by atoms with E-state index < -0.39 is 10.8 Å². The third-order valence-electron chi connectivity index (χ3n) is 4.63. The van der Waals surface area contributed by atoms with Gasteiger partial charge in [0.1, 0.15) is 11.5 Å². The van der Waals surface area contributed by atoms with Gasteiger partial charge in [-0.2, -0.15) is 0 Å². The van der Waals surface area contributed by atoms with Gasteiger partial charge in [-0.05, 0) is 86.5 Å². The van der Waals surface area contributed by atoms with E-state index in [2.05, 4.69) is 24.5 Å². The maximum Gasteiger partial charge on any atom is 0.120 e. The molecule has 1 heterocycles. The van der Waals surface area contributed by atoms with Crippen LogP contribution in [0.2, 0.25) is 0 Å². The van der Waals surface area contributed by atoms with Gasteiger partial charge in [0, 0.05) is 0 Å². The van der Waals surface area contributed by atoms with Crippen molar-refractivity contribution in [3.8, 4) is 22.6 Å². The zero-order chi connectivity index (χ0) is 19.8. The van der Waals surface area contributed by atoms with Crippen molar-refractivity contribution in [2.24, 2.45) is 0 Å². The summed E-state index contributed by atoms with van der Waals surface area (Å²) in [5.41, 5.74) is 2.04. The minimum Gasteiger partial charge on any atom is -0.494 e. The highest BCUT2D eigenvalue weighted by atomic mass is 32.2. The van der Waals surface area contributed by atoms with Crippen molar-refractivity contribution in [3.05, 3.63) is 36.4 Å². The van der Waals surface area contributed by atoms with Gasteiger partial charge in [-0.1, -0.05) is 13.8 Å². The number of hydrogen-bond acceptors (Lipinski definition) is 5. The van der Waals surface area contributed by atoms with Crippen LogP contribution in [0.5, 0.6) is 11.5 Å². The van der Waals surface area contributed by atoms with Crippen molar-refractivity contribution in [1.82, 2.24) is 10.6 Å². The maximum atomic E-state index is 13.0. The van der Waals surface area contributed by atoms with Crippen LogP contribution in [0.3, 0.4) is 0 Å². The second kappa shape index (κ2) is 10.6. The molecule has 28 heavy (non-hydrogen) atoms. The summed E-state index contributed by atoms with van der Waals surface area (Å²) in [7, 11) is -1.20. The fourth-order valence-electron chi connectivity index (χ4n) is 3.18. The SMILES string of the molecule is CCNCCCOc1ccc2c(c1)S(=O)c1cc(OCCCNCC)ccc1-2. The molecule has 0 bridgehead atoms. The van der Waals surface area contributed by atoms with Crippen molar-refractivity contribution in [3.63, 3.8) is 0 Å². The monoisotopic (exact) mass is 402 g/mol. The Morgan fingerprint density at radius 1 is 0.786 bits per heavy atom. The predicted molar refractivity (Wildman–Crippen MR) is 114 cm³/mol. The number of nitrogens with one attached hydrogen (secondary N) is 2. The molecule has 2 aromatic rings. The van der Waals surface area contributed by atoms with E-state index in [1.165, 1.54) is 0 Å². The summed E-state index contributed by atoms with van der Waals surface area (Å²) in [4.78, 5) is 1.65. The molecular weight excluding hydrogens is 372 g/mol. The van der Waals surface area contributed by atoms with Gasteiger partial charge >= 0.3 is 0 Å². The van der Waals surface area contributed by atoms with Gasteiger partial charge in [0.15, 0.2) is 0 Å². The first-order valence-corrected chi connectivity index (χ1v) is 11.3. The van der Waals surface area contributed by atoms with E-state index in [9.17, 15) is 4.21 Å². The summed E-state index contributed by atoms with van der Waals surface area (Å²) < 4.78 is 24.7. The molecule has 0 radical (unpaired) electrons. The zero-order valence-electron chi connectivity index (χ0n) is 16.8. The Kier molecular flexibility index (Phi) is 7.89. The molecule has 0 unspecified atom stereocenters. The van der Waals surface area contributed by atoms with E-state index in [-0.39, 0.29) is 0 Å². The van der Waals surface area contributed by atoms with E-state index >= 15 is 0 Å². The Labute approximate surface area is 170 Å². The number of ether oxygens (including phenoxy) is 2. The minimum atomic E-state index is -1.20. The molecule has 2 aromatic carbocycles. The molecule has 0 atom stereocenters. The van der Waals surface area contributed by atoms with E-state index in [4.69, 9.17) is 9.47 Å². The average molecular weight is 403 g/mol. The van der Waals surface area contributed by atoms with Crippen LogP contribution in [0.15, 0.2) is 46.2 Å². The van der Waals surface area contributed by atoms with Crippen LogP contribution in [0.25, 0.3) is 11.1 Å². The van der Waals surface area contributed by atoms with Crippen LogP contribution in [0.4, 0.5) is 0 Å². The fraction of sp³-hybridized carbons (Fsp3) is 0.455. The summed E-state index contributed by atoms with van der Waals surface area (Å²) in [5, 5.41) is 6.56. The molecule has 5 nitrogen and oxygen atoms in total. The van der Waals surface area contributed by atoms with Crippen LogP contribution in [-0.2, 0) is 10.8 Å². The fourth-order valence-corrected chi connectivity index (χ4v) is 4.62. The van der Waals surface area contributed by atoms with E-state index in [0.29, 0.717) is 13.2 Å². The summed E-state index contributed by atoms with van der Waals surface area (Å²) >= 11 is 0. The van der Waals surface area contributed by atoms with Gasteiger partial charge in [-0.15, -0.1) is 0 Å². The smallest absolute Gasteiger partial charge is 0.120 e. The Balaban J connectivity index is 1.62.